The maximum Gasteiger partial charge on any atom is 0.246 e. The van der Waals surface area contributed by atoms with Crippen LogP contribution in [0.1, 0.15) is 16.1 Å². The number of halogens is 1. The average molecular weight is 370 g/mol. The lowest BCUT2D eigenvalue weighted by Crippen LogP contribution is -2.19. The van der Waals surface area contributed by atoms with Gasteiger partial charge in [0.2, 0.25) is 5.91 Å². The summed E-state index contributed by atoms with van der Waals surface area (Å²) in [7, 11) is 0. The quantitative estimate of drug-likeness (QED) is 0.656. The van der Waals surface area contributed by atoms with Crippen molar-refractivity contribution in [3.63, 3.8) is 0 Å². The van der Waals surface area contributed by atoms with Crippen molar-refractivity contribution >= 4 is 40.5 Å². The fourth-order valence-electron chi connectivity index (χ4n) is 1.55. The minimum Gasteiger partial charge on any atom is -0.324 e. The predicted molar refractivity (Wildman–Crippen MR) is 77.9 cm³/mol. The fourth-order valence-corrected chi connectivity index (χ4v) is 2.20. The van der Waals surface area contributed by atoms with Gasteiger partial charge in [0, 0.05) is 9.26 Å². The number of nitrogens with one attached hydrogen (secondary N) is 1. The summed E-state index contributed by atoms with van der Waals surface area (Å²) in [4.78, 5) is 22.3. The highest BCUT2D eigenvalue weighted by Gasteiger charge is 2.07. The summed E-state index contributed by atoms with van der Waals surface area (Å²) in [6, 6.07) is 5.76. The van der Waals surface area contributed by atoms with Gasteiger partial charge in [-0.15, -0.1) is 5.10 Å². The lowest BCUT2D eigenvalue weighted by atomic mass is 10.2. The molecule has 6 nitrogen and oxygen atoms in total. The van der Waals surface area contributed by atoms with E-state index < -0.39 is 0 Å². The van der Waals surface area contributed by atoms with E-state index in [4.69, 9.17) is 0 Å². The van der Waals surface area contributed by atoms with E-state index in [1.165, 1.54) is 10.9 Å². The number of nitrogens with zero attached hydrogens (tertiary/aromatic N) is 3. The second-order valence-electron chi connectivity index (χ2n) is 3.97. The van der Waals surface area contributed by atoms with Crippen molar-refractivity contribution in [1.82, 2.24) is 15.0 Å². The molecule has 2 rings (SSSR count). The van der Waals surface area contributed by atoms with Crippen molar-refractivity contribution in [2.24, 2.45) is 0 Å². The van der Waals surface area contributed by atoms with Gasteiger partial charge in [-0.25, -0.2) is 4.68 Å². The molecule has 1 heterocycles. The summed E-state index contributed by atoms with van der Waals surface area (Å²) < 4.78 is 2.43. The van der Waals surface area contributed by atoms with Gasteiger partial charge in [-0.05, 0) is 53.3 Å². The first-order valence-electron chi connectivity index (χ1n) is 5.50. The zero-order valence-corrected chi connectivity index (χ0v) is 12.3. The molecule has 0 fully saturated rings. The number of amides is 1. The van der Waals surface area contributed by atoms with Gasteiger partial charge in [-0.2, -0.15) is 0 Å². The Labute approximate surface area is 123 Å². The number of carbonyl (C=O) groups excluding carboxylic acids is 2. The second-order valence-corrected chi connectivity index (χ2v) is 5.21. The van der Waals surface area contributed by atoms with Gasteiger partial charge in [0.15, 0.2) is 6.29 Å². The molecule has 1 amide bonds. The number of hydrogen-bond acceptors (Lipinski definition) is 4. The van der Waals surface area contributed by atoms with E-state index in [1.54, 1.807) is 0 Å². The number of anilines is 1. The van der Waals surface area contributed by atoms with Gasteiger partial charge >= 0.3 is 0 Å². The van der Waals surface area contributed by atoms with Crippen LogP contribution < -0.4 is 5.32 Å². The summed E-state index contributed by atoms with van der Waals surface area (Å²) in [5, 5.41) is 10.1. The number of aromatic nitrogens is 3. The molecule has 98 valence electrons. The van der Waals surface area contributed by atoms with E-state index in [0.717, 1.165) is 14.8 Å². The molecule has 0 unspecified atom stereocenters. The molecule has 0 spiro atoms. The van der Waals surface area contributed by atoms with Crippen molar-refractivity contribution < 1.29 is 9.59 Å². The van der Waals surface area contributed by atoms with Crippen LogP contribution in [0.3, 0.4) is 0 Å². The number of aryl methyl sites for hydroxylation is 1. The molecule has 7 heteroatoms. The summed E-state index contributed by atoms with van der Waals surface area (Å²) in [5.41, 5.74) is 1.96. The highest BCUT2D eigenvalue weighted by atomic mass is 127. The van der Waals surface area contributed by atoms with E-state index >= 15 is 0 Å². The van der Waals surface area contributed by atoms with Crippen LogP contribution in [-0.4, -0.2) is 27.2 Å². The van der Waals surface area contributed by atoms with Gasteiger partial charge in [0.25, 0.3) is 0 Å². The van der Waals surface area contributed by atoms with E-state index in [1.807, 2.05) is 25.1 Å². The minimum absolute atomic E-state index is 0.0201. The molecule has 0 aliphatic carbocycles. The molecular weight excluding hydrogens is 359 g/mol. The summed E-state index contributed by atoms with van der Waals surface area (Å²) in [6.07, 6.45) is 2.01. The maximum atomic E-state index is 11.8. The van der Waals surface area contributed by atoms with E-state index in [0.29, 0.717) is 6.29 Å². The molecule has 0 saturated carbocycles. The Morgan fingerprint density at radius 1 is 1.53 bits per heavy atom. The van der Waals surface area contributed by atoms with Crippen molar-refractivity contribution in [1.29, 1.82) is 0 Å². The third-order valence-electron chi connectivity index (χ3n) is 2.45. The van der Waals surface area contributed by atoms with E-state index in [9.17, 15) is 9.59 Å². The molecular formula is C12H11IN4O2. The lowest BCUT2D eigenvalue weighted by Gasteiger charge is -2.08. The highest BCUT2D eigenvalue weighted by Crippen LogP contribution is 2.17. The Morgan fingerprint density at radius 3 is 2.95 bits per heavy atom. The number of carbonyl (C=O) groups is 2. The van der Waals surface area contributed by atoms with E-state index in [2.05, 4.69) is 38.2 Å². The van der Waals surface area contributed by atoms with E-state index in [-0.39, 0.29) is 18.1 Å². The molecule has 0 aliphatic heterocycles. The highest BCUT2D eigenvalue weighted by molar-refractivity contribution is 14.1. The first-order valence-corrected chi connectivity index (χ1v) is 6.57. The first-order chi connectivity index (χ1) is 9.08. The van der Waals surface area contributed by atoms with Gasteiger partial charge in [0.1, 0.15) is 12.2 Å². The smallest absolute Gasteiger partial charge is 0.246 e. The Kier molecular flexibility index (Phi) is 4.25. The molecule has 1 N–H and O–H groups in total. The van der Waals surface area contributed by atoms with Crippen LogP contribution in [0, 0.1) is 10.5 Å². The number of rotatable bonds is 4. The third-order valence-corrected chi connectivity index (χ3v) is 3.12. The zero-order chi connectivity index (χ0) is 13.8. The van der Waals surface area contributed by atoms with Crippen LogP contribution in [0.15, 0.2) is 24.4 Å². The molecule has 0 saturated heterocycles. The van der Waals surface area contributed by atoms with Gasteiger partial charge in [0.05, 0.1) is 6.20 Å². The third kappa shape index (κ3) is 3.60. The van der Waals surface area contributed by atoms with Gasteiger partial charge < -0.3 is 5.32 Å². The average Bonchev–Trinajstić information content (AvgIpc) is 2.80. The summed E-state index contributed by atoms with van der Waals surface area (Å²) in [5.74, 6) is -0.216. The lowest BCUT2D eigenvalue weighted by molar-refractivity contribution is -0.116. The Balaban J connectivity index is 2.02. The second kappa shape index (κ2) is 5.91. The first kappa shape index (κ1) is 13.7. The topological polar surface area (TPSA) is 76.9 Å². The Morgan fingerprint density at radius 2 is 2.32 bits per heavy atom. The van der Waals surface area contributed by atoms with Crippen LogP contribution in [-0.2, 0) is 11.3 Å². The Hall–Kier alpha value is -1.77. The molecule has 19 heavy (non-hydrogen) atoms. The summed E-state index contributed by atoms with van der Waals surface area (Å²) >= 11 is 2.21. The van der Waals surface area contributed by atoms with Crippen molar-refractivity contribution in [2.75, 3.05) is 5.32 Å². The van der Waals surface area contributed by atoms with Crippen molar-refractivity contribution in [3.05, 3.63) is 39.2 Å². The fraction of sp³-hybridized carbons (Fsp3) is 0.167. The molecule has 2 aromatic rings. The van der Waals surface area contributed by atoms with Crippen LogP contribution >= 0.6 is 22.6 Å². The molecule has 0 atom stereocenters. The Bertz CT molecular complexity index is 624. The van der Waals surface area contributed by atoms with Crippen molar-refractivity contribution in [3.8, 4) is 0 Å². The molecule has 0 bridgehead atoms. The zero-order valence-electron chi connectivity index (χ0n) is 10.1. The molecule has 1 aromatic carbocycles. The normalized spacial score (nSPS) is 10.2. The SMILES string of the molecule is Cc1cc(I)ccc1NC(=O)Cn1cc(C=O)nn1. The monoisotopic (exact) mass is 370 g/mol. The standard InChI is InChI=1S/C12H11IN4O2/c1-8-4-9(13)2-3-11(8)14-12(19)6-17-5-10(7-18)15-16-17/h2-5,7H,6H2,1H3,(H,14,19). The van der Waals surface area contributed by atoms with Crippen LogP contribution in [0.4, 0.5) is 5.69 Å². The number of aldehydes is 1. The molecule has 0 aliphatic rings. The minimum atomic E-state index is -0.216. The van der Waals surface area contributed by atoms with Crippen LogP contribution in [0.2, 0.25) is 0 Å². The van der Waals surface area contributed by atoms with Crippen LogP contribution in [0.25, 0.3) is 0 Å². The van der Waals surface area contributed by atoms with Crippen LogP contribution in [0.5, 0.6) is 0 Å². The molecule has 0 radical (unpaired) electrons. The van der Waals surface area contributed by atoms with Gasteiger partial charge in [-0.1, -0.05) is 5.21 Å². The van der Waals surface area contributed by atoms with Crippen molar-refractivity contribution in [2.45, 2.75) is 13.5 Å². The summed E-state index contributed by atoms with van der Waals surface area (Å²) in [6.45, 7) is 1.95. The maximum absolute atomic E-state index is 11.8. The van der Waals surface area contributed by atoms with Gasteiger partial charge in [-0.3, -0.25) is 9.59 Å². The number of hydrogen-bond donors (Lipinski definition) is 1. The molecule has 1 aromatic heterocycles. The predicted octanol–water partition coefficient (Wildman–Crippen LogP) is 1.64. The number of benzene rings is 1. The largest absolute Gasteiger partial charge is 0.324 e.